The maximum absolute atomic E-state index is 12.0. The van der Waals surface area contributed by atoms with E-state index in [0.717, 1.165) is 16.9 Å². The number of carbonyl (C=O) groups is 1. The monoisotopic (exact) mass is 247 g/mol. The van der Waals surface area contributed by atoms with Crippen LogP contribution < -0.4 is 16.6 Å². The Bertz CT molecular complexity index is 523. The molecule has 5 heteroatoms. The van der Waals surface area contributed by atoms with Crippen LogP contribution in [-0.4, -0.2) is 5.91 Å². The van der Waals surface area contributed by atoms with Crippen molar-refractivity contribution in [3.63, 3.8) is 0 Å². The average molecular weight is 247 g/mol. The third-order valence-corrected chi connectivity index (χ3v) is 3.10. The maximum atomic E-state index is 12.0. The van der Waals surface area contributed by atoms with Gasteiger partial charge in [-0.15, -0.1) is 0 Å². The molecule has 0 bridgehead atoms. The molecular weight excluding hydrogens is 234 g/mol. The van der Waals surface area contributed by atoms with Crippen molar-refractivity contribution in [2.24, 2.45) is 5.84 Å². The molecular formula is C12H13N3OS. The molecule has 1 heterocycles. The van der Waals surface area contributed by atoms with E-state index in [1.807, 2.05) is 29.8 Å². The van der Waals surface area contributed by atoms with Crippen molar-refractivity contribution in [2.75, 3.05) is 10.7 Å². The lowest BCUT2D eigenvalue weighted by Crippen LogP contribution is -2.14. The minimum atomic E-state index is -0.107. The van der Waals surface area contributed by atoms with Crippen LogP contribution in [0.15, 0.2) is 35.0 Å². The highest BCUT2D eigenvalue weighted by Gasteiger charge is 2.09. The Balaban J connectivity index is 2.19. The van der Waals surface area contributed by atoms with Gasteiger partial charge in [0.05, 0.1) is 5.69 Å². The van der Waals surface area contributed by atoms with Crippen molar-refractivity contribution in [1.82, 2.24) is 0 Å². The van der Waals surface area contributed by atoms with Gasteiger partial charge in [0, 0.05) is 16.6 Å². The number of nitrogen functional groups attached to an aromatic ring is 1. The van der Waals surface area contributed by atoms with Crippen molar-refractivity contribution in [3.8, 4) is 0 Å². The third kappa shape index (κ3) is 2.64. The summed E-state index contributed by atoms with van der Waals surface area (Å²) in [5.74, 6) is 5.20. The SMILES string of the molecule is Cc1cc(NN)ccc1C(=O)Nc1ccsc1. The molecule has 4 N–H and O–H groups in total. The van der Waals surface area contributed by atoms with Gasteiger partial charge in [0.25, 0.3) is 5.91 Å². The molecule has 0 unspecified atom stereocenters. The molecule has 17 heavy (non-hydrogen) atoms. The summed E-state index contributed by atoms with van der Waals surface area (Å²) in [6, 6.07) is 7.23. The summed E-state index contributed by atoms with van der Waals surface area (Å²) < 4.78 is 0. The fourth-order valence-corrected chi connectivity index (χ4v) is 2.13. The van der Waals surface area contributed by atoms with Crippen LogP contribution in [0.25, 0.3) is 0 Å². The molecule has 0 atom stereocenters. The van der Waals surface area contributed by atoms with E-state index in [1.54, 1.807) is 23.5 Å². The van der Waals surface area contributed by atoms with Gasteiger partial charge in [-0.1, -0.05) is 0 Å². The van der Waals surface area contributed by atoms with Gasteiger partial charge in [-0.2, -0.15) is 11.3 Å². The van der Waals surface area contributed by atoms with E-state index in [0.29, 0.717) is 5.56 Å². The molecule has 0 aliphatic carbocycles. The number of anilines is 2. The van der Waals surface area contributed by atoms with Crippen LogP contribution >= 0.6 is 11.3 Å². The molecule has 1 amide bonds. The first-order valence-corrected chi connectivity index (χ1v) is 6.06. The number of thiophene rings is 1. The largest absolute Gasteiger partial charge is 0.324 e. The standard InChI is InChI=1S/C12H13N3OS/c1-8-6-9(15-13)2-3-11(8)12(16)14-10-4-5-17-7-10/h2-7,15H,13H2,1H3,(H,14,16). The van der Waals surface area contributed by atoms with E-state index in [1.165, 1.54) is 0 Å². The van der Waals surface area contributed by atoms with E-state index in [4.69, 9.17) is 5.84 Å². The molecule has 0 aliphatic heterocycles. The molecule has 2 aromatic rings. The van der Waals surface area contributed by atoms with Gasteiger partial charge < -0.3 is 10.7 Å². The molecule has 0 fully saturated rings. The first kappa shape index (κ1) is 11.6. The highest BCUT2D eigenvalue weighted by atomic mass is 32.1. The van der Waals surface area contributed by atoms with Gasteiger partial charge in [-0.3, -0.25) is 10.6 Å². The van der Waals surface area contributed by atoms with Crippen molar-refractivity contribution in [1.29, 1.82) is 0 Å². The second-order valence-corrected chi connectivity index (χ2v) is 4.42. The van der Waals surface area contributed by atoms with Gasteiger partial charge in [-0.05, 0) is 42.1 Å². The minimum absolute atomic E-state index is 0.107. The van der Waals surface area contributed by atoms with E-state index < -0.39 is 0 Å². The summed E-state index contributed by atoms with van der Waals surface area (Å²) in [4.78, 5) is 12.0. The molecule has 1 aromatic carbocycles. The zero-order valence-corrected chi connectivity index (χ0v) is 10.2. The number of hydrazine groups is 1. The second-order valence-electron chi connectivity index (χ2n) is 3.64. The lowest BCUT2D eigenvalue weighted by molar-refractivity contribution is 0.102. The van der Waals surface area contributed by atoms with Gasteiger partial charge in [0.2, 0.25) is 0 Å². The summed E-state index contributed by atoms with van der Waals surface area (Å²) in [7, 11) is 0. The predicted molar refractivity (Wildman–Crippen MR) is 71.3 cm³/mol. The molecule has 1 aromatic heterocycles. The fraction of sp³-hybridized carbons (Fsp3) is 0.0833. The Morgan fingerprint density at radius 2 is 2.12 bits per heavy atom. The third-order valence-electron chi connectivity index (χ3n) is 2.42. The van der Waals surface area contributed by atoms with Crippen LogP contribution in [0.2, 0.25) is 0 Å². The number of benzene rings is 1. The van der Waals surface area contributed by atoms with E-state index >= 15 is 0 Å². The summed E-state index contributed by atoms with van der Waals surface area (Å²) in [5, 5.41) is 6.65. The topological polar surface area (TPSA) is 67.1 Å². The Morgan fingerprint density at radius 3 is 2.71 bits per heavy atom. The number of hydrogen-bond donors (Lipinski definition) is 3. The molecule has 0 aliphatic rings. The number of rotatable bonds is 3. The van der Waals surface area contributed by atoms with Crippen LogP contribution in [0.4, 0.5) is 11.4 Å². The molecule has 0 radical (unpaired) electrons. The Hall–Kier alpha value is -1.85. The van der Waals surface area contributed by atoms with E-state index in [9.17, 15) is 4.79 Å². The van der Waals surface area contributed by atoms with E-state index in [-0.39, 0.29) is 5.91 Å². The van der Waals surface area contributed by atoms with Crippen molar-refractivity contribution in [2.45, 2.75) is 6.92 Å². The maximum Gasteiger partial charge on any atom is 0.255 e. The van der Waals surface area contributed by atoms with Crippen molar-refractivity contribution in [3.05, 3.63) is 46.2 Å². The Labute approximate surface area is 103 Å². The molecule has 0 spiro atoms. The van der Waals surface area contributed by atoms with E-state index in [2.05, 4.69) is 10.7 Å². The predicted octanol–water partition coefficient (Wildman–Crippen LogP) is 2.59. The van der Waals surface area contributed by atoms with Gasteiger partial charge in [0.15, 0.2) is 0 Å². The quantitative estimate of drug-likeness (QED) is 0.577. The molecule has 4 nitrogen and oxygen atoms in total. The van der Waals surface area contributed by atoms with Gasteiger partial charge in [0.1, 0.15) is 0 Å². The molecule has 2 rings (SSSR count). The number of amides is 1. The lowest BCUT2D eigenvalue weighted by atomic mass is 10.1. The lowest BCUT2D eigenvalue weighted by Gasteiger charge is -2.08. The summed E-state index contributed by atoms with van der Waals surface area (Å²) in [6.07, 6.45) is 0. The first-order valence-electron chi connectivity index (χ1n) is 5.11. The zero-order valence-electron chi connectivity index (χ0n) is 9.36. The Kier molecular flexibility index (Phi) is 3.41. The fourth-order valence-electron chi connectivity index (χ4n) is 1.54. The minimum Gasteiger partial charge on any atom is -0.324 e. The Morgan fingerprint density at radius 1 is 1.29 bits per heavy atom. The molecule has 88 valence electrons. The number of nitrogens with two attached hydrogens (primary N) is 1. The highest BCUT2D eigenvalue weighted by molar-refractivity contribution is 7.08. The second kappa shape index (κ2) is 4.99. The summed E-state index contributed by atoms with van der Waals surface area (Å²) in [6.45, 7) is 1.88. The normalized spacial score (nSPS) is 10.0. The zero-order chi connectivity index (χ0) is 12.3. The van der Waals surface area contributed by atoms with Crippen LogP contribution in [-0.2, 0) is 0 Å². The summed E-state index contributed by atoms with van der Waals surface area (Å²) in [5.41, 5.74) is 5.69. The highest BCUT2D eigenvalue weighted by Crippen LogP contribution is 2.17. The van der Waals surface area contributed by atoms with Crippen LogP contribution in [0.3, 0.4) is 0 Å². The van der Waals surface area contributed by atoms with Crippen LogP contribution in [0.5, 0.6) is 0 Å². The first-order chi connectivity index (χ1) is 8.20. The smallest absolute Gasteiger partial charge is 0.255 e. The van der Waals surface area contributed by atoms with Gasteiger partial charge in [-0.25, -0.2) is 0 Å². The van der Waals surface area contributed by atoms with Gasteiger partial charge >= 0.3 is 0 Å². The number of nitrogens with one attached hydrogen (secondary N) is 2. The average Bonchev–Trinajstić information content (AvgIpc) is 2.81. The number of carbonyl (C=O) groups excluding carboxylic acids is 1. The van der Waals surface area contributed by atoms with Crippen molar-refractivity contribution >= 4 is 28.6 Å². The van der Waals surface area contributed by atoms with Crippen molar-refractivity contribution < 1.29 is 4.79 Å². The number of hydrogen-bond acceptors (Lipinski definition) is 4. The van der Waals surface area contributed by atoms with Crippen LogP contribution in [0.1, 0.15) is 15.9 Å². The molecule has 0 saturated carbocycles. The summed E-state index contributed by atoms with van der Waals surface area (Å²) >= 11 is 1.55. The van der Waals surface area contributed by atoms with Crippen LogP contribution in [0, 0.1) is 6.92 Å². The molecule has 0 saturated heterocycles. The number of aryl methyl sites for hydroxylation is 1.